The van der Waals surface area contributed by atoms with Crippen LogP contribution in [0.1, 0.15) is 18.9 Å². The standard InChI is InChI=1S/C18H18FNO2/c1-2-13-22-17-10-8-16(9-11-17)20-18(21)12-5-14-3-6-15(19)7-4-14/h3-12H,2,13H2,1H3,(H,20,21). The molecule has 0 spiro atoms. The number of anilines is 1. The number of halogens is 1. The van der Waals surface area contributed by atoms with Crippen molar-refractivity contribution in [1.29, 1.82) is 0 Å². The van der Waals surface area contributed by atoms with Crippen molar-refractivity contribution in [3.05, 3.63) is 66.0 Å². The number of amides is 1. The van der Waals surface area contributed by atoms with Crippen molar-refractivity contribution in [1.82, 2.24) is 0 Å². The van der Waals surface area contributed by atoms with Gasteiger partial charge in [0.15, 0.2) is 0 Å². The first-order valence-corrected chi connectivity index (χ1v) is 7.15. The Morgan fingerprint density at radius 2 is 1.82 bits per heavy atom. The molecule has 0 saturated heterocycles. The van der Waals surface area contributed by atoms with Crippen molar-refractivity contribution < 1.29 is 13.9 Å². The fraction of sp³-hybridized carbons (Fsp3) is 0.167. The molecule has 0 bridgehead atoms. The average Bonchev–Trinajstić information content (AvgIpc) is 2.54. The summed E-state index contributed by atoms with van der Waals surface area (Å²) in [6.07, 6.45) is 3.99. The molecule has 0 saturated carbocycles. The molecule has 0 heterocycles. The van der Waals surface area contributed by atoms with E-state index in [1.807, 2.05) is 19.1 Å². The maximum atomic E-state index is 12.8. The van der Waals surface area contributed by atoms with Gasteiger partial charge in [-0.25, -0.2) is 4.39 Å². The zero-order valence-corrected chi connectivity index (χ0v) is 12.4. The third-order valence-electron chi connectivity index (χ3n) is 2.89. The summed E-state index contributed by atoms with van der Waals surface area (Å²) in [5.74, 6) is 0.236. The van der Waals surface area contributed by atoms with Crippen LogP contribution in [0.25, 0.3) is 6.08 Å². The number of carbonyl (C=O) groups excluding carboxylic acids is 1. The van der Waals surface area contributed by atoms with Crippen LogP contribution in [-0.2, 0) is 4.79 Å². The average molecular weight is 299 g/mol. The van der Waals surface area contributed by atoms with E-state index in [0.717, 1.165) is 17.7 Å². The van der Waals surface area contributed by atoms with Crippen LogP contribution in [0.5, 0.6) is 5.75 Å². The van der Waals surface area contributed by atoms with E-state index in [1.54, 1.807) is 30.3 Å². The Kier molecular flexibility index (Phi) is 5.72. The second-order valence-electron chi connectivity index (χ2n) is 4.75. The maximum absolute atomic E-state index is 12.8. The van der Waals surface area contributed by atoms with E-state index in [1.165, 1.54) is 18.2 Å². The van der Waals surface area contributed by atoms with E-state index >= 15 is 0 Å². The molecular weight excluding hydrogens is 281 g/mol. The van der Waals surface area contributed by atoms with Crippen molar-refractivity contribution in [3.8, 4) is 5.75 Å². The van der Waals surface area contributed by atoms with Crippen LogP contribution in [0.4, 0.5) is 10.1 Å². The third kappa shape index (κ3) is 5.05. The van der Waals surface area contributed by atoms with E-state index in [-0.39, 0.29) is 11.7 Å². The molecule has 114 valence electrons. The molecule has 0 aliphatic rings. The summed E-state index contributed by atoms with van der Waals surface area (Å²) in [7, 11) is 0. The molecule has 1 N–H and O–H groups in total. The molecule has 1 amide bonds. The lowest BCUT2D eigenvalue weighted by atomic mass is 10.2. The number of ether oxygens (including phenoxy) is 1. The molecule has 4 heteroatoms. The molecule has 2 rings (SSSR count). The SMILES string of the molecule is CCCOc1ccc(NC(=O)C=Cc2ccc(F)cc2)cc1. The first kappa shape index (κ1) is 15.8. The monoisotopic (exact) mass is 299 g/mol. The summed E-state index contributed by atoms with van der Waals surface area (Å²) in [4.78, 5) is 11.8. The first-order valence-electron chi connectivity index (χ1n) is 7.15. The Hall–Kier alpha value is -2.62. The molecule has 0 atom stereocenters. The van der Waals surface area contributed by atoms with Gasteiger partial charge in [-0.15, -0.1) is 0 Å². The molecule has 0 radical (unpaired) electrons. The summed E-state index contributed by atoms with van der Waals surface area (Å²) >= 11 is 0. The minimum atomic E-state index is -0.299. The summed E-state index contributed by atoms with van der Waals surface area (Å²) in [5.41, 5.74) is 1.46. The second kappa shape index (κ2) is 7.98. The van der Waals surface area contributed by atoms with Crippen LogP contribution in [0.2, 0.25) is 0 Å². The lowest BCUT2D eigenvalue weighted by molar-refractivity contribution is -0.111. The maximum Gasteiger partial charge on any atom is 0.248 e. The van der Waals surface area contributed by atoms with Crippen molar-refractivity contribution in [2.75, 3.05) is 11.9 Å². The van der Waals surface area contributed by atoms with Gasteiger partial charge in [-0.3, -0.25) is 4.79 Å². The number of carbonyl (C=O) groups is 1. The zero-order valence-electron chi connectivity index (χ0n) is 12.4. The summed E-state index contributed by atoms with van der Waals surface area (Å²) in [5, 5.41) is 2.75. The number of nitrogens with one attached hydrogen (secondary N) is 1. The Morgan fingerprint density at radius 3 is 2.45 bits per heavy atom. The van der Waals surface area contributed by atoms with Crippen molar-refractivity contribution >= 4 is 17.7 Å². The predicted octanol–water partition coefficient (Wildman–Crippen LogP) is 4.27. The summed E-state index contributed by atoms with van der Waals surface area (Å²) < 4.78 is 18.2. The van der Waals surface area contributed by atoms with Gasteiger partial charge >= 0.3 is 0 Å². The first-order chi connectivity index (χ1) is 10.7. The van der Waals surface area contributed by atoms with E-state index in [0.29, 0.717) is 12.3 Å². The molecular formula is C18H18FNO2. The fourth-order valence-corrected chi connectivity index (χ4v) is 1.78. The van der Waals surface area contributed by atoms with Gasteiger partial charge in [-0.1, -0.05) is 19.1 Å². The fourth-order valence-electron chi connectivity index (χ4n) is 1.78. The highest BCUT2D eigenvalue weighted by molar-refractivity contribution is 6.01. The Balaban J connectivity index is 1.89. The van der Waals surface area contributed by atoms with Gasteiger partial charge in [0.05, 0.1) is 6.61 Å². The summed E-state index contributed by atoms with van der Waals surface area (Å²) in [6.45, 7) is 2.72. The van der Waals surface area contributed by atoms with Crippen LogP contribution >= 0.6 is 0 Å². The molecule has 0 aromatic heterocycles. The van der Waals surface area contributed by atoms with Gasteiger partial charge in [0.25, 0.3) is 0 Å². The largest absolute Gasteiger partial charge is 0.494 e. The zero-order chi connectivity index (χ0) is 15.8. The molecule has 0 aliphatic carbocycles. The lowest BCUT2D eigenvalue weighted by Crippen LogP contribution is -2.07. The minimum Gasteiger partial charge on any atom is -0.494 e. The molecule has 0 fully saturated rings. The smallest absolute Gasteiger partial charge is 0.248 e. The second-order valence-corrected chi connectivity index (χ2v) is 4.75. The normalized spacial score (nSPS) is 10.6. The number of hydrogen-bond acceptors (Lipinski definition) is 2. The lowest BCUT2D eigenvalue weighted by Gasteiger charge is -2.06. The Morgan fingerprint density at radius 1 is 1.14 bits per heavy atom. The molecule has 3 nitrogen and oxygen atoms in total. The van der Waals surface area contributed by atoms with E-state index < -0.39 is 0 Å². The van der Waals surface area contributed by atoms with E-state index in [2.05, 4.69) is 5.32 Å². The Bertz CT molecular complexity index is 633. The molecule has 22 heavy (non-hydrogen) atoms. The molecule has 2 aromatic carbocycles. The topological polar surface area (TPSA) is 38.3 Å². The highest BCUT2D eigenvalue weighted by Crippen LogP contribution is 2.16. The highest BCUT2D eigenvalue weighted by atomic mass is 19.1. The number of rotatable bonds is 6. The van der Waals surface area contributed by atoms with E-state index in [9.17, 15) is 9.18 Å². The van der Waals surface area contributed by atoms with Gasteiger partial charge in [-0.2, -0.15) is 0 Å². The van der Waals surface area contributed by atoms with Gasteiger partial charge in [0.2, 0.25) is 5.91 Å². The van der Waals surface area contributed by atoms with Gasteiger partial charge < -0.3 is 10.1 Å². The van der Waals surface area contributed by atoms with Crippen LogP contribution in [0.15, 0.2) is 54.6 Å². The van der Waals surface area contributed by atoms with Crippen molar-refractivity contribution in [2.24, 2.45) is 0 Å². The van der Waals surface area contributed by atoms with E-state index in [4.69, 9.17) is 4.74 Å². The van der Waals surface area contributed by atoms with Gasteiger partial charge in [0, 0.05) is 11.8 Å². The van der Waals surface area contributed by atoms with Crippen LogP contribution < -0.4 is 10.1 Å². The van der Waals surface area contributed by atoms with Crippen LogP contribution in [0.3, 0.4) is 0 Å². The molecule has 0 unspecified atom stereocenters. The molecule has 0 aliphatic heterocycles. The number of benzene rings is 2. The van der Waals surface area contributed by atoms with Crippen LogP contribution in [-0.4, -0.2) is 12.5 Å². The van der Waals surface area contributed by atoms with Crippen molar-refractivity contribution in [3.63, 3.8) is 0 Å². The van der Waals surface area contributed by atoms with Crippen molar-refractivity contribution in [2.45, 2.75) is 13.3 Å². The minimum absolute atomic E-state index is 0.244. The Labute approximate surface area is 129 Å². The number of hydrogen-bond donors (Lipinski definition) is 1. The predicted molar refractivity (Wildman–Crippen MR) is 86.3 cm³/mol. The highest BCUT2D eigenvalue weighted by Gasteiger charge is 1.99. The van der Waals surface area contributed by atoms with Gasteiger partial charge in [0.1, 0.15) is 11.6 Å². The molecule has 2 aromatic rings. The van der Waals surface area contributed by atoms with Gasteiger partial charge in [-0.05, 0) is 54.5 Å². The summed E-state index contributed by atoms with van der Waals surface area (Å²) in [6, 6.07) is 13.1. The van der Waals surface area contributed by atoms with Crippen LogP contribution in [0, 0.1) is 5.82 Å². The third-order valence-corrected chi connectivity index (χ3v) is 2.89. The quantitative estimate of drug-likeness (QED) is 0.809.